The van der Waals surface area contributed by atoms with Crippen LogP contribution in [0.2, 0.25) is 0 Å². The van der Waals surface area contributed by atoms with Crippen molar-refractivity contribution in [2.45, 2.75) is 32.1 Å². The van der Waals surface area contributed by atoms with Crippen LogP contribution < -0.4 is 10.6 Å². The molecule has 0 bridgehead atoms. The Morgan fingerprint density at radius 2 is 1.90 bits per heavy atom. The molecule has 2 aromatic rings. The Labute approximate surface area is 170 Å². The van der Waals surface area contributed by atoms with Gasteiger partial charge in [-0.25, -0.2) is 4.39 Å². The molecule has 1 saturated heterocycles. The molecule has 1 fully saturated rings. The monoisotopic (exact) mass is 395 g/mol. The fourth-order valence-corrected chi connectivity index (χ4v) is 4.15. The van der Waals surface area contributed by atoms with Crippen molar-refractivity contribution in [2.75, 3.05) is 30.3 Å². The van der Waals surface area contributed by atoms with E-state index in [9.17, 15) is 14.0 Å². The number of hydrogen-bond donors (Lipinski definition) is 2. The molecule has 29 heavy (non-hydrogen) atoms. The Bertz CT molecular complexity index is 892. The number of fused-ring (bicyclic) bond motifs is 1. The van der Waals surface area contributed by atoms with Gasteiger partial charge in [0.1, 0.15) is 5.82 Å². The molecule has 2 aromatic carbocycles. The fraction of sp³-hybridized carbons (Fsp3) is 0.391. The van der Waals surface area contributed by atoms with E-state index in [2.05, 4.69) is 34.9 Å². The molecule has 0 aromatic heterocycles. The summed E-state index contributed by atoms with van der Waals surface area (Å²) in [4.78, 5) is 25.9. The number of nitrogens with zero attached hydrogens (tertiary/aromatic N) is 1. The van der Waals surface area contributed by atoms with Crippen molar-refractivity contribution in [2.24, 2.45) is 5.92 Å². The van der Waals surface area contributed by atoms with Gasteiger partial charge in [-0.15, -0.1) is 0 Å². The molecule has 2 amide bonds. The minimum Gasteiger partial charge on any atom is -0.374 e. The summed E-state index contributed by atoms with van der Waals surface area (Å²) < 4.78 is 14.3. The second kappa shape index (κ2) is 8.64. The van der Waals surface area contributed by atoms with Gasteiger partial charge in [-0.2, -0.15) is 0 Å². The molecular weight excluding hydrogens is 369 g/mol. The van der Waals surface area contributed by atoms with Crippen LogP contribution in [0.25, 0.3) is 0 Å². The maximum absolute atomic E-state index is 14.3. The van der Waals surface area contributed by atoms with Gasteiger partial charge in [-0.3, -0.25) is 9.59 Å². The average Bonchev–Trinajstić information content (AvgIpc) is 2.73. The van der Waals surface area contributed by atoms with Gasteiger partial charge >= 0.3 is 0 Å². The van der Waals surface area contributed by atoms with Crippen molar-refractivity contribution in [3.63, 3.8) is 0 Å². The number of benzene rings is 2. The van der Waals surface area contributed by atoms with Crippen molar-refractivity contribution >= 4 is 23.2 Å². The molecule has 6 heteroatoms. The highest BCUT2D eigenvalue weighted by molar-refractivity contribution is 5.94. The number of aryl methyl sites for hydroxylation is 1. The largest absolute Gasteiger partial charge is 0.374 e. The standard InChI is InChI=1S/C23H26FN3O2/c24-19-14-20-18(6-7-22(28)26-20)13-21(19)25-15-23(29)27-10-8-17(9-11-27)12-16-4-2-1-3-5-16/h1-5,13-14,17,25H,6-12,15H2,(H,26,28). The van der Waals surface area contributed by atoms with E-state index in [1.165, 1.54) is 11.6 Å². The van der Waals surface area contributed by atoms with Crippen LogP contribution in [-0.2, 0) is 22.4 Å². The van der Waals surface area contributed by atoms with E-state index in [1.807, 2.05) is 11.0 Å². The van der Waals surface area contributed by atoms with Crippen molar-refractivity contribution in [3.8, 4) is 0 Å². The predicted octanol–water partition coefficient (Wildman–Crippen LogP) is 3.60. The molecule has 0 aliphatic carbocycles. The first kappa shape index (κ1) is 19.4. The minimum atomic E-state index is -0.458. The van der Waals surface area contributed by atoms with Gasteiger partial charge < -0.3 is 15.5 Å². The summed E-state index contributed by atoms with van der Waals surface area (Å²) in [5.41, 5.74) is 3.07. The van der Waals surface area contributed by atoms with Gasteiger partial charge in [0.05, 0.1) is 12.2 Å². The summed E-state index contributed by atoms with van der Waals surface area (Å²) in [5.74, 6) is 0.0417. The average molecular weight is 395 g/mol. The summed E-state index contributed by atoms with van der Waals surface area (Å²) in [7, 11) is 0. The third-order valence-electron chi connectivity index (χ3n) is 5.85. The van der Waals surface area contributed by atoms with Crippen molar-refractivity contribution in [1.29, 1.82) is 0 Å². The predicted molar refractivity (Wildman–Crippen MR) is 111 cm³/mol. The number of hydrogen-bond acceptors (Lipinski definition) is 3. The lowest BCUT2D eigenvalue weighted by atomic mass is 9.90. The molecule has 2 aliphatic rings. The Morgan fingerprint density at radius 3 is 2.66 bits per heavy atom. The number of halogens is 1. The first-order chi connectivity index (χ1) is 14.1. The number of anilines is 2. The first-order valence-corrected chi connectivity index (χ1v) is 10.3. The molecule has 4 rings (SSSR count). The molecule has 0 saturated carbocycles. The third-order valence-corrected chi connectivity index (χ3v) is 5.85. The van der Waals surface area contributed by atoms with Gasteiger partial charge in [-0.1, -0.05) is 30.3 Å². The van der Waals surface area contributed by atoms with Gasteiger partial charge in [-0.05, 0) is 54.9 Å². The van der Waals surface area contributed by atoms with Crippen LogP contribution in [0.1, 0.15) is 30.4 Å². The number of nitrogens with one attached hydrogen (secondary N) is 2. The van der Waals surface area contributed by atoms with Gasteiger partial charge in [0.25, 0.3) is 0 Å². The van der Waals surface area contributed by atoms with Crippen LogP contribution >= 0.6 is 0 Å². The third kappa shape index (κ3) is 4.75. The summed E-state index contributed by atoms with van der Waals surface area (Å²) >= 11 is 0. The SMILES string of the molecule is O=C1CCc2cc(NCC(=O)N3CCC(Cc4ccccc4)CC3)c(F)cc2N1. The topological polar surface area (TPSA) is 61.4 Å². The minimum absolute atomic E-state index is 0.00594. The second-order valence-corrected chi connectivity index (χ2v) is 7.90. The zero-order valence-electron chi connectivity index (χ0n) is 16.4. The lowest BCUT2D eigenvalue weighted by Crippen LogP contribution is -2.41. The zero-order chi connectivity index (χ0) is 20.2. The number of likely N-dealkylation sites (tertiary alicyclic amines) is 1. The summed E-state index contributed by atoms with van der Waals surface area (Å²) in [6.07, 6.45) is 4.02. The quantitative estimate of drug-likeness (QED) is 0.813. The number of carbonyl (C=O) groups excluding carboxylic acids is 2. The van der Waals surface area contributed by atoms with Crippen LogP contribution in [0.3, 0.4) is 0 Å². The van der Waals surface area contributed by atoms with Gasteiger partial charge in [0.2, 0.25) is 11.8 Å². The van der Waals surface area contributed by atoms with E-state index in [-0.39, 0.29) is 18.4 Å². The normalized spacial score (nSPS) is 16.9. The molecule has 152 valence electrons. The molecule has 5 nitrogen and oxygen atoms in total. The molecule has 0 radical (unpaired) electrons. The van der Waals surface area contributed by atoms with Crippen molar-refractivity contribution in [3.05, 3.63) is 59.4 Å². The first-order valence-electron chi connectivity index (χ1n) is 10.3. The molecule has 0 spiro atoms. The van der Waals surface area contributed by atoms with Crippen molar-refractivity contribution in [1.82, 2.24) is 4.90 Å². The fourth-order valence-electron chi connectivity index (χ4n) is 4.15. The Balaban J connectivity index is 1.28. The maximum Gasteiger partial charge on any atom is 0.241 e. The van der Waals surface area contributed by atoms with Crippen LogP contribution in [0.4, 0.5) is 15.8 Å². The molecule has 2 aliphatic heterocycles. The van der Waals surface area contributed by atoms with E-state index >= 15 is 0 Å². The number of amides is 2. The lowest BCUT2D eigenvalue weighted by molar-refractivity contribution is -0.130. The Kier molecular flexibility index (Phi) is 5.79. The van der Waals surface area contributed by atoms with Crippen LogP contribution in [0, 0.1) is 11.7 Å². The molecular formula is C23H26FN3O2. The maximum atomic E-state index is 14.3. The lowest BCUT2D eigenvalue weighted by Gasteiger charge is -2.32. The van der Waals surface area contributed by atoms with E-state index in [0.29, 0.717) is 30.1 Å². The van der Waals surface area contributed by atoms with E-state index in [0.717, 1.165) is 37.9 Å². The van der Waals surface area contributed by atoms with Gasteiger partial charge in [0, 0.05) is 25.2 Å². The number of piperidine rings is 1. The zero-order valence-corrected chi connectivity index (χ0v) is 16.4. The molecule has 0 atom stereocenters. The number of carbonyl (C=O) groups is 2. The highest BCUT2D eigenvalue weighted by Gasteiger charge is 2.23. The summed E-state index contributed by atoms with van der Waals surface area (Å²) in [6.45, 7) is 1.57. The van der Waals surface area contributed by atoms with Crippen LogP contribution in [0.15, 0.2) is 42.5 Å². The summed E-state index contributed by atoms with van der Waals surface area (Å²) in [5, 5.41) is 5.63. The van der Waals surface area contributed by atoms with Crippen molar-refractivity contribution < 1.29 is 14.0 Å². The van der Waals surface area contributed by atoms with Crippen LogP contribution in [-0.4, -0.2) is 36.3 Å². The Morgan fingerprint density at radius 1 is 1.14 bits per heavy atom. The molecule has 2 N–H and O–H groups in total. The molecule has 2 heterocycles. The smallest absolute Gasteiger partial charge is 0.241 e. The Hall–Kier alpha value is -2.89. The second-order valence-electron chi connectivity index (χ2n) is 7.90. The van der Waals surface area contributed by atoms with E-state index < -0.39 is 5.82 Å². The highest BCUT2D eigenvalue weighted by Crippen LogP contribution is 2.28. The van der Waals surface area contributed by atoms with E-state index in [4.69, 9.17) is 0 Å². The molecule has 0 unspecified atom stereocenters. The van der Waals surface area contributed by atoms with Crippen LogP contribution in [0.5, 0.6) is 0 Å². The highest BCUT2D eigenvalue weighted by atomic mass is 19.1. The number of rotatable bonds is 5. The summed E-state index contributed by atoms with van der Waals surface area (Å²) in [6, 6.07) is 13.5. The van der Waals surface area contributed by atoms with E-state index in [1.54, 1.807) is 6.07 Å². The van der Waals surface area contributed by atoms with Gasteiger partial charge in [0.15, 0.2) is 0 Å².